The molecule has 0 saturated carbocycles. The van der Waals surface area contributed by atoms with Crippen LogP contribution in [0.15, 0.2) is 48.5 Å². The van der Waals surface area contributed by atoms with Crippen molar-refractivity contribution >= 4 is 17.6 Å². The topological polar surface area (TPSA) is 73.9 Å². The van der Waals surface area contributed by atoms with Crippen LogP contribution in [0.5, 0.6) is 11.5 Å². The van der Waals surface area contributed by atoms with E-state index >= 15 is 0 Å². The van der Waals surface area contributed by atoms with Gasteiger partial charge in [0.15, 0.2) is 0 Å². The number of nitrogens with one attached hydrogen (secondary N) is 1. The van der Waals surface area contributed by atoms with Gasteiger partial charge in [-0.25, -0.2) is 0 Å². The molecule has 0 aliphatic carbocycles. The molecule has 0 spiro atoms. The zero-order chi connectivity index (χ0) is 17.5. The Kier molecular flexibility index (Phi) is 5.78. The van der Waals surface area contributed by atoms with E-state index in [1.54, 1.807) is 42.5 Å². The lowest BCUT2D eigenvalue weighted by atomic mass is 10.1. The zero-order valence-corrected chi connectivity index (χ0v) is 13.7. The third-order valence-electron chi connectivity index (χ3n) is 3.29. The highest BCUT2D eigenvalue weighted by Crippen LogP contribution is 2.30. The van der Waals surface area contributed by atoms with E-state index in [2.05, 4.69) is 5.32 Å². The average molecular weight is 329 g/mol. The summed E-state index contributed by atoms with van der Waals surface area (Å²) in [5, 5.41) is 2.72. The Morgan fingerprint density at radius 2 is 1.71 bits per heavy atom. The van der Waals surface area contributed by atoms with Crippen LogP contribution in [0, 0.1) is 0 Å². The quantitative estimate of drug-likeness (QED) is 0.825. The maximum absolute atomic E-state index is 12.6. The molecule has 1 N–H and O–H groups in total. The van der Waals surface area contributed by atoms with Crippen molar-refractivity contribution < 1.29 is 23.8 Å². The maximum atomic E-state index is 12.6. The van der Waals surface area contributed by atoms with E-state index in [1.807, 2.05) is 6.07 Å². The van der Waals surface area contributed by atoms with Gasteiger partial charge in [0.05, 0.1) is 19.9 Å². The summed E-state index contributed by atoms with van der Waals surface area (Å²) in [5.41, 5.74) is 1.00. The monoisotopic (exact) mass is 329 g/mol. The van der Waals surface area contributed by atoms with Gasteiger partial charge in [0.2, 0.25) is 6.10 Å². The SMILES string of the molecule is COc1ccc(OC)c(NC(=O)C(OC(C)=O)c2ccccc2)c1. The first-order chi connectivity index (χ1) is 11.5. The smallest absolute Gasteiger partial charge is 0.303 e. The van der Waals surface area contributed by atoms with E-state index < -0.39 is 18.0 Å². The van der Waals surface area contributed by atoms with Crippen LogP contribution in [0.2, 0.25) is 0 Å². The molecule has 24 heavy (non-hydrogen) atoms. The van der Waals surface area contributed by atoms with E-state index in [1.165, 1.54) is 21.1 Å². The average Bonchev–Trinajstić information content (AvgIpc) is 2.60. The Hall–Kier alpha value is -3.02. The van der Waals surface area contributed by atoms with E-state index in [0.717, 1.165) is 0 Å². The Morgan fingerprint density at radius 3 is 2.29 bits per heavy atom. The number of methoxy groups -OCH3 is 2. The van der Waals surface area contributed by atoms with Crippen LogP contribution < -0.4 is 14.8 Å². The number of ether oxygens (including phenoxy) is 3. The van der Waals surface area contributed by atoms with Gasteiger partial charge in [-0.2, -0.15) is 0 Å². The minimum absolute atomic E-state index is 0.426. The molecule has 0 aromatic heterocycles. The van der Waals surface area contributed by atoms with Crippen molar-refractivity contribution in [2.24, 2.45) is 0 Å². The predicted octanol–water partition coefficient (Wildman–Crippen LogP) is 2.95. The minimum atomic E-state index is -1.06. The van der Waals surface area contributed by atoms with Crippen molar-refractivity contribution in [2.45, 2.75) is 13.0 Å². The highest BCUT2D eigenvalue weighted by Gasteiger charge is 2.24. The number of carbonyl (C=O) groups is 2. The summed E-state index contributed by atoms with van der Waals surface area (Å²) in [4.78, 5) is 24.0. The molecule has 0 fully saturated rings. The van der Waals surface area contributed by atoms with Gasteiger partial charge >= 0.3 is 5.97 Å². The number of anilines is 1. The second-order valence-electron chi connectivity index (χ2n) is 4.96. The number of hydrogen-bond acceptors (Lipinski definition) is 5. The molecule has 2 rings (SSSR count). The largest absolute Gasteiger partial charge is 0.497 e. The van der Waals surface area contributed by atoms with Gasteiger partial charge < -0.3 is 19.5 Å². The summed E-state index contributed by atoms with van der Waals surface area (Å²) in [6, 6.07) is 13.8. The first kappa shape index (κ1) is 17.3. The number of carbonyl (C=O) groups excluding carboxylic acids is 2. The normalized spacial score (nSPS) is 11.3. The summed E-state index contributed by atoms with van der Waals surface area (Å²) >= 11 is 0. The summed E-state index contributed by atoms with van der Waals surface area (Å²) < 4.78 is 15.6. The summed E-state index contributed by atoms with van der Waals surface area (Å²) in [6.45, 7) is 1.26. The van der Waals surface area contributed by atoms with E-state index in [9.17, 15) is 9.59 Å². The number of rotatable bonds is 6. The molecule has 2 aromatic rings. The van der Waals surface area contributed by atoms with Crippen LogP contribution in [0.1, 0.15) is 18.6 Å². The molecule has 0 aliphatic rings. The Labute approximate surface area is 140 Å². The maximum Gasteiger partial charge on any atom is 0.303 e. The lowest BCUT2D eigenvalue weighted by Gasteiger charge is -2.18. The molecule has 126 valence electrons. The molecular formula is C18H19NO5. The number of amides is 1. The van der Waals surface area contributed by atoms with Crippen LogP contribution in [0.4, 0.5) is 5.69 Å². The Morgan fingerprint density at radius 1 is 1.00 bits per heavy atom. The highest BCUT2D eigenvalue weighted by atomic mass is 16.5. The standard InChI is InChI=1S/C18H19NO5/c1-12(20)24-17(13-7-5-4-6-8-13)18(21)19-15-11-14(22-2)9-10-16(15)23-3/h4-11,17H,1-3H3,(H,19,21). The fraction of sp³-hybridized carbons (Fsp3) is 0.222. The van der Waals surface area contributed by atoms with Gasteiger partial charge in [-0.1, -0.05) is 30.3 Å². The van der Waals surface area contributed by atoms with Gasteiger partial charge in [0.1, 0.15) is 11.5 Å². The van der Waals surface area contributed by atoms with Crippen molar-refractivity contribution in [3.63, 3.8) is 0 Å². The van der Waals surface area contributed by atoms with Gasteiger partial charge in [0, 0.05) is 18.6 Å². The van der Waals surface area contributed by atoms with Crippen molar-refractivity contribution in [2.75, 3.05) is 19.5 Å². The Bertz CT molecular complexity index is 715. The second kappa shape index (κ2) is 8.01. The second-order valence-corrected chi connectivity index (χ2v) is 4.96. The molecule has 6 nitrogen and oxygen atoms in total. The molecule has 0 radical (unpaired) electrons. The molecule has 1 unspecified atom stereocenters. The van der Waals surface area contributed by atoms with Gasteiger partial charge in [-0.3, -0.25) is 9.59 Å². The molecule has 0 heterocycles. The summed E-state index contributed by atoms with van der Waals surface area (Å²) in [5.74, 6) is 0.00759. The van der Waals surface area contributed by atoms with Crippen LogP contribution in [-0.2, 0) is 14.3 Å². The van der Waals surface area contributed by atoms with Crippen molar-refractivity contribution in [1.82, 2.24) is 0 Å². The highest BCUT2D eigenvalue weighted by molar-refractivity contribution is 5.97. The first-order valence-corrected chi connectivity index (χ1v) is 7.30. The fourth-order valence-corrected chi connectivity index (χ4v) is 2.18. The van der Waals surface area contributed by atoms with Crippen LogP contribution in [0.25, 0.3) is 0 Å². The van der Waals surface area contributed by atoms with Gasteiger partial charge in [0.25, 0.3) is 5.91 Å². The van der Waals surface area contributed by atoms with Crippen molar-refractivity contribution in [3.05, 3.63) is 54.1 Å². The molecule has 0 bridgehead atoms. The molecule has 2 aromatic carbocycles. The van der Waals surface area contributed by atoms with E-state index in [-0.39, 0.29) is 0 Å². The summed E-state index contributed by atoms with van der Waals surface area (Å²) in [6.07, 6.45) is -1.06. The number of esters is 1. The molecule has 0 saturated heterocycles. The fourth-order valence-electron chi connectivity index (χ4n) is 2.18. The van der Waals surface area contributed by atoms with Crippen LogP contribution >= 0.6 is 0 Å². The third kappa shape index (κ3) is 4.25. The third-order valence-corrected chi connectivity index (χ3v) is 3.29. The molecule has 0 aliphatic heterocycles. The zero-order valence-electron chi connectivity index (χ0n) is 13.7. The van der Waals surface area contributed by atoms with Gasteiger partial charge in [-0.15, -0.1) is 0 Å². The number of hydrogen-bond donors (Lipinski definition) is 1. The Balaban J connectivity index is 2.29. The van der Waals surface area contributed by atoms with Crippen molar-refractivity contribution in [1.29, 1.82) is 0 Å². The van der Waals surface area contributed by atoms with E-state index in [0.29, 0.717) is 22.7 Å². The predicted molar refractivity (Wildman–Crippen MR) is 89.1 cm³/mol. The van der Waals surface area contributed by atoms with Crippen molar-refractivity contribution in [3.8, 4) is 11.5 Å². The molecule has 6 heteroatoms. The van der Waals surface area contributed by atoms with E-state index in [4.69, 9.17) is 14.2 Å². The van der Waals surface area contributed by atoms with Gasteiger partial charge in [-0.05, 0) is 12.1 Å². The molecule has 1 amide bonds. The van der Waals surface area contributed by atoms with Crippen LogP contribution in [-0.4, -0.2) is 26.1 Å². The lowest BCUT2D eigenvalue weighted by Crippen LogP contribution is -2.25. The van der Waals surface area contributed by atoms with Crippen LogP contribution in [0.3, 0.4) is 0 Å². The summed E-state index contributed by atoms with van der Waals surface area (Å²) in [7, 11) is 3.03. The molecule has 1 atom stereocenters. The first-order valence-electron chi connectivity index (χ1n) is 7.30. The lowest BCUT2D eigenvalue weighted by molar-refractivity contribution is -0.152. The minimum Gasteiger partial charge on any atom is -0.497 e. The molecular weight excluding hydrogens is 310 g/mol. The number of benzene rings is 2.